The fourth-order valence-electron chi connectivity index (χ4n) is 1.66. The van der Waals surface area contributed by atoms with Crippen LogP contribution in [0.4, 0.5) is 4.79 Å². The highest BCUT2D eigenvalue weighted by molar-refractivity contribution is 9.10. The highest BCUT2D eigenvalue weighted by Crippen LogP contribution is 2.17. The number of hydrogen-bond donors (Lipinski definition) is 1. The number of halogens is 1. The van der Waals surface area contributed by atoms with Crippen LogP contribution >= 0.6 is 15.9 Å². The van der Waals surface area contributed by atoms with Crippen molar-refractivity contribution in [3.8, 4) is 0 Å². The summed E-state index contributed by atoms with van der Waals surface area (Å²) in [5, 5.41) is 3.33. The molecule has 0 saturated heterocycles. The average Bonchev–Trinajstić information content (AvgIpc) is 2.36. The van der Waals surface area contributed by atoms with Crippen LogP contribution in [0.3, 0.4) is 0 Å². The Morgan fingerprint density at radius 2 is 2.05 bits per heavy atom. The van der Waals surface area contributed by atoms with E-state index in [9.17, 15) is 4.79 Å². The first-order valence-corrected chi connectivity index (χ1v) is 7.88. The van der Waals surface area contributed by atoms with Crippen molar-refractivity contribution in [1.29, 1.82) is 0 Å². The minimum Gasteiger partial charge on any atom is -0.444 e. The van der Waals surface area contributed by atoms with Gasteiger partial charge in [0, 0.05) is 31.2 Å². The standard InChI is InChI=1S/C16H25BrN2O2/c1-12-6-7-13(10-14(12)17)11-18-8-9-19(5)15(20)21-16(2,3)4/h6-7,10,18H,8-9,11H2,1-5H3. The number of ether oxygens (including phenoxy) is 1. The summed E-state index contributed by atoms with van der Waals surface area (Å²) < 4.78 is 6.41. The number of hydrogen-bond acceptors (Lipinski definition) is 3. The summed E-state index contributed by atoms with van der Waals surface area (Å²) in [6.45, 7) is 9.78. The van der Waals surface area contributed by atoms with E-state index < -0.39 is 5.60 Å². The van der Waals surface area contributed by atoms with Crippen LogP contribution in [-0.4, -0.2) is 36.7 Å². The van der Waals surface area contributed by atoms with Crippen molar-refractivity contribution in [2.24, 2.45) is 0 Å². The Kier molecular flexibility index (Phi) is 6.68. The zero-order valence-corrected chi connectivity index (χ0v) is 15.1. The van der Waals surface area contributed by atoms with Gasteiger partial charge in [0.15, 0.2) is 0 Å². The van der Waals surface area contributed by atoms with Crippen LogP contribution in [0.2, 0.25) is 0 Å². The first-order chi connectivity index (χ1) is 9.69. The monoisotopic (exact) mass is 356 g/mol. The van der Waals surface area contributed by atoms with Crippen LogP contribution < -0.4 is 5.32 Å². The Morgan fingerprint density at radius 1 is 1.38 bits per heavy atom. The fourth-order valence-corrected chi connectivity index (χ4v) is 2.08. The molecule has 0 heterocycles. The molecule has 1 aromatic rings. The van der Waals surface area contributed by atoms with Crippen LogP contribution in [-0.2, 0) is 11.3 Å². The van der Waals surface area contributed by atoms with Crippen molar-refractivity contribution < 1.29 is 9.53 Å². The van der Waals surface area contributed by atoms with E-state index in [0.29, 0.717) is 6.54 Å². The summed E-state index contributed by atoms with van der Waals surface area (Å²) in [5.41, 5.74) is 1.99. The molecule has 0 unspecified atom stereocenters. The summed E-state index contributed by atoms with van der Waals surface area (Å²) in [6.07, 6.45) is -0.289. The molecule has 1 amide bonds. The van der Waals surface area contributed by atoms with Gasteiger partial charge in [-0.05, 0) is 44.9 Å². The van der Waals surface area contributed by atoms with E-state index >= 15 is 0 Å². The molecule has 0 radical (unpaired) electrons. The van der Waals surface area contributed by atoms with E-state index in [2.05, 4.69) is 46.4 Å². The van der Waals surface area contributed by atoms with Gasteiger partial charge in [-0.25, -0.2) is 4.79 Å². The Bertz CT molecular complexity index is 484. The van der Waals surface area contributed by atoms with E-state index in [4.69, 9.17) is 4.74 Å². The van der Waals surface area contributed by atoms with Gasteiger partial charge in [0.05, 0.1) is 0 Å². The lowest BCUT2D eigenvalue weighted by Gasteiger charge is -2.24. The minimum absolute atomic E-state index is 0.289. The molecule has 0 aromatic heterocycles. The van der Waals surface area contributed by atoms with Crippen molar-refractivity contribution in [1.82, 2.24) is 10.2 Å². The largest absolute Gasteiger partial charge is 0.444 e. The average molecular weight is 357 g/mol. The number of amides is 1. The van der Waals surface area contributed by atoms with Crippen molar-refractivity contribution in [2.75, 3.05) is 20.1 Å². The molecule has 1 rings (SSSR count). The second-order valence-corrected chi connectivity index (χ2v) is 7.02. The van der Waals surface area contributed by atoms with Crippen LogP contribution in [0.25, 0.3) is 0 Å². The molecular formula is C16H25BrN2O2. The Hall–Kier alpha value is -1.07. The van der Waals surface area contributed by atoms with Crippen LogP contribution in [0.15, 0.2) is 22.7 Å². The maximum Gasteiger partial charge on any atom is 0.410 e. The zero-order chi connectivity index (χ0) is 16.0. The Labute approximate surface area is 136 Å². The number of carbonyl (C=O) groups excluding carboxylic acids is 1. The van der Waals surface area contributed by atoms with Crippen LogP contribution in [0, 0.1) is 6.92 Å². The summed E-state index contributed by atoms with van der Waals surface area (Å²) in [7, 11) is 1.75. The molecule has 4 nitrogen and oxygen atoms in total. The molecule has 1 N–H and O–H groups in total. The van der Waals surface area contributed by atoms with Crippen molar-refractivity contribution >= 4 is 22.0 Å². The van der Waals surface area contributed by atoms with E-state index in [1.54, 1.807) is 11.9 Å². The van der Waals surface area contributed by atoms with Gasteiger partial charge in [0.25, 0.3) is 0 Å². The molecule has 1 aromatic carbocycles. The number of carbonyl (C=O) groups is 1. The van der Waals surface area contributed by atoms with Crippen molar-refractivity contribution in [3.05, 3.63) is 33.8 Å². The molecule has 0 saturated carbocycles. The number of nitrogens with one attached hydrogen (secondary N) is 1. The lowest BCUT2D eigenvalue weighted by molar-refractivity contribution is 0.0300. The third-order valence-electron chi connectivity index (χ3n) is 2.89. The molecule has 0 aliphatic carbocycles. The van der Waals surface area contributed by atoms with Gasteiger partial charge in [0.2, 0.25) is 0 Å². The second-order valence-electron chi connectivity index (χ2n) is 6.16. The lowest BCUT2D eigenvalue weighted by atomic mass is 10.1. The third-order valence-corrected chi connectivity index (χ3v) is 3.75. The molecule has 118 valence electrons. The first kappa shape index (κ1) is 18.0. The van der Waals surface area contributed by atoms with Gasteiger partial charge >= 0.3 is 6.09 Å². The second kappa shape index (κ2) is 7.80. The molecule has 0 spiro atoms. The molecule has 21 heavy (non-hydrogen) atoms. The van der Waals surface area contributed by atoms with E-state index in [0.717, 1.165) is 17.6 Å². The molecule has 0 bridgehead atoms. The normalized spacial score (nSPS) is 11.3. The van der Waals surface area contributed by atoms with Crippen molar-refractivity contribution in [2.45, 2.75) is 39.8 Å². The van der Waals surface area contributed by atoms with E-state index in [1.165, 1.54) is 11.1 Å². The van der Waals surface area contributed by atoms with Gasteiger partial charge in [-0.1, -0.05) is 28.1 Å². The van der Waals surface area contributed by atoms with Crippen LogP contribution in [0.1, 0.15) is 31.9 Å². The van der Waals surface area contributed by atoms with Crippen molar-refractivity contribution in [3.63, 3.8) is 0 Å². The quantitative estimate of drug-likeness (QED) is 0.817. The van der Waals surface area contributed by atoms with E-state index in [-0.39, 0.29) is 6.09 Å². The Morgan fingerprint density at radius 3 is 2.62 bits per heavy atom. The third kappa shape index (κ3) is 6.96. The summed E-state index contributed by atoms with van der Waals surface area (Å²) >= 11 is 3.53. The number of benzene rings is 1. The Balaban J connectivity index is 2.30. The number of nitrogens with zero attached hydrogens (tertiary/aromatic N) is 1. The minimum atomic E-state index is -0.451. The summed E-state index contributed by atoms with van der Waals surface area (Å²) in [4.78, 5) is 13.4. The van der Waals surface area contributed by atoms with Gasteiger partial charge < -0.3 is 15.0 Å². The molecule has 0 aliphatic rings. The number of likely N-dealkylation sites (N-methyl/N-ethyl adjacent to an activating group) is 1. The molecule has 5 heteroatoms. The predicted octanol–water partition coefficient (Wildman–Crippen LogP) is 3.71. The molecule has 0 atom stereocenters. The number of rotatable bonds is 5. The smallest absolute Gasteiger partial charge is 0.410 e. The molecular weight excluding hydrogens is 332 g/mol. The SMILES string of the molecule is Cc1ccc(CNCCN(C)C(=O)OC(C)(C)C)cc1Br. The van der Waals surface area contributed by atoms with Gasteiger partial charge in [0.1, 0.15) is 5.60 Å². The molecule has 0 fully saturated rings. The topological polar surface area (TPSA) is 41.6 Å². The lowest BCUT2D eigenvalue weighted by Crippen LogP contribution is -2.37. The fraction of sp³-hybridized carbons (Fsp3) is 0.562. The maximum absolute atomic E-state index is 11.8. The van der Waals surface area contributed by atoms with E-state index in [1.807, 2.05) is 20.8 Å². The first-order valence-electron chi connectivity index (χ1n) is 7.09. The van der Waals surface area contributed by atoms with Gasteiger partial charge in [-0.3, -0.25) is 0 Å². The maximum atomic E-state index is 11.8. The predicted molar refractivity (Wildman–Crippen MR) is 89.4 cm³/mol. The number of aryl methyl sites for hydroxylation is 1. The van der Waals surface area contributed by atoms with Crippen LogP contribution in [0.5, 0.6) is 0 Å². The summed E-state index contributed by atoms with van der Waals surface area (Å²) in [6, 6.07) is 6.30. The van der Waals surface area contributed by atoms with Gasteiger partial charge in [-0.2, -0.15) is 0 Å². The highest BCUT2D eigenvalue weighted by Gasteiger charge is 2.18. The highest BCUT2D eigenvalue weighted by atomic mass is 79.9. The zero-order valence-electron chi connectivity index (χ0n) is 13.5. The summed E-state index contributed by atoms with van der Waals surface area (Å²) in [5.74, 6) is 0. The van der Waals surface area contributed by atoms with Gasteiger partial charge in [-0.15, -0.1) is 0 Å². The molecule has 0 aliphatic heterocycles.